The maximum atomic E-state index is 14.0. The van der Waals surface area contributed by atoms with Gasteiger partial charge in [-0.2, -0.15) is 13.2 Å². The van der Waals surface area contributed by atoms with Crippen LogP contribution in [0.4, 0.5) is 13.2 Å². The summed E-state index contributed by atoms with van der Waals surface area (Å²) in [7, 11) is 1.15. The molecule has 3 heterocycles. The Morgan fingerprint density at radius 3 is 2.58 bits per heavy atom. The quantitative estimate of drug-likeness (QED) is 0.602. The lowest BCUT2D eigenvalue weighted by molar-refractivity contribution is -0.153. The lowest BCUT2D eigenvalue weighted by Crippen LogP contribution is -2.38. The van der Waals surface area contributed by atoms with Crippen molar-refractivity contribution in [2.75, 3.05) is 19.8 Å². The van der Waals surface area contributed by atoms with Gasteiger partial charge in [0, 0.05) is 19.6 Å². The molecule has 1 atom stereocenters. The fraction of sp³-hybridized carbons (Fsp3) is 0.583. The van der Waals surface area contributed by atoms with Crippen molar-refractivity contribution in [3.63, 3.8) is 0 Å². The van der Waals surface area contributed by atoms with Crippen LogP contribution in [0.15, 0.2) is 10.9 Å². The van der Waals surface area contributed by atoms with Gasteiger partial charge in [0.1, 0.15) is 34.8 Å². The molecule has 0 bridgehead atoms. The molecule has 0 spiro atoms. The Morgan fingerprint density at radius 1 is 1.25 bits per heavy atom. The third-order valence-corrected chi connectivity index (χ3v) is 5.77. The van der Waals surface area contributed by atoms with E-state index in [2.05, 4.69) is 10.3 Å². The molecule has 1 amide bonds. The predicted octanol–water partition coefficient (Wildman–Crippen LogP) is 3.40. The van der Waals surface area contributed by atoms with Gasteiger partial charge in [0.05, 0.1) is 12.0 Å². The van der Waals surface area contributed by atoms with Crippen molar-refractivity contribution in [3.8, 4) is 5.75 Å². The molecule has 0 saturated carbocycles. The first-order chi connectivity index (χ1) is 16.7. The van der Waals surface area contributed by atoms with Crippen molar-refractivity contribution in [3.05, 3.63) is 33.2 Å². The minimum absolute atomic E-state index is 0.0476. The topological polar surface area (TPSA) is 120 Å². The number of alkyl halides is 3. The Kier molecular flexibility index (Phi) is 7.97. The monoisotopic (exact) mass is 513 g/mol. The summed E-state index contributed by atoms with van der Waals surface area (Å²) in [6.07, 6.45) is -2.08. The molecule has 1 fully saturated rings. The van der Waals surface area contributed by atoms with E-state index in [4.69, 9.17) is 9.47 Å². The van der Waals surface area contributed by atoms with E-state index in [0.29, 0.717) is 19.4 Å². The van der Waals surface area contributed by atoms with Crippen molar-refractivity contribution in [1.82, 2.24) is 14.9 Å². The third kappa shape index (κ3) is 6.15. The van der Waals surface area contributed by atoms with E-state index in [1.54, 1.807) is 20.8 Å². The summed E-state index contributed by atoms with van der Waals surface area (Å²) >= 11 is 0. The number of nitrogens with one attached hydrogen (secondary N) is 1. The van der Waals surface area contributed by atoms with E-state index in [1.165, 1.54) is 0 Å². The summed E-state index contributed by atoms with van der Waals surface area (Å²) in [5.41, 5.74) is -4.35. The van der Waals surface area contributed by atoms with Gasteiger partial charge in [0.2, 0.25) is 0 Å². The number of aromatic hydroxyl groups is 1. The highest BCUT2D eigenvalue weighted by Gasteiger charge is 2.39. The number of halogens is 3. The van der Waals surface area contributed by atoms with Crippen molar-refractivity contribution < 1.29 is 37.3 Å². The van der Waals surface area contributed by atoms with Crippen LogP contribution in [0, 0.1) is 0 Å². The van der Waals surface area contributed by atoms with Crippen LogP contribution in [-0.4, -0.2) is 51.9 Å². The Bertz CT molecular complexity index is 1210. The molecule has 1 saturated heterocycles. The van der Waals surface area contributed by atoms with Crippen LogP contribution in [0.25, 0.3) is 11.0 Å². The lowest BCUT2D eigenvalue weighted by atomic mass is 9.90. The van der Waals surface area contributed by atoms with Crippen LogP contribution in [0.3, 0.4) is 0 Å². The average Bonchev–Trinajstić information content (AvgIpc) is 2.73. The second-order valence-electron chi connectivity index (χ2n) is 9.77. The van der Waals surface area contributed by atoms with Crippen LogP contribution in [0.5, 0.6) is 5.75 Å². The van der Waals surface area contributed by atoms with E-state index >= 15 is 0 Å². The van der Waals surface area contributed by atoms with Gasteiger partial charge < -0.3 is 19.9 Å². The SMILES string of the molecule is Cn1c(=O)c(C(=O)NCC(=O)OC(C)(C)C)c(O)c2cc(C3CCCCCOC3)c(C(F)(F)F)nc21. The van der Waals surface area contributed by atoms with Crippen LogP contribution < -0.4 is 10.9 Å². The summed E-state index contributed by atoms with van der Waals surface area (Å²) < 4.78 is 53.3. The van der Waals surface area contributed by atoms with Crippen molar-refractivity contribution in [2.45, 2.75) is 64.1 Å². The number of aromatic nitrogens is 2. The predicted molar refractivity (Wildman–Crippen MR) is 124 cm³/mol. The maximum absolute atomic E-state index is 14.0. The van der Waals surface area contributed by atoms with Gasteiger partial charge in [-0.1, -0.05) is 12.8 Å². The van der Waals surface area contributed by atoms with Gasteiger partial charge >= 0.3 is 12.1 Å². The average molecular weight is 514 g/mol. The Labute approximate surface area is 205 Å². The largest absolute Gasteiger partial charge is 0.506 e. The number of amides is 1. The number of hydrogen-bond donors (Lipinski definition) is 2. The number of fused-ring (bicyclic) bond motifs is 1. The lowest BCUT2D eigenvalue weighted by Gasteiger charge is -2.24. The summed E-state index contributed by atoms with van der Waals surface area (Å²) in [4.78, 5) is 41.2. The zero-order valence-corrected chi connectivity index (χ0v) is 20.6. The molecule has 1 unspecified atom stereocenters. The molecule has 1 aliphatic rings. The van der Waals surface area contributed by atoms with Gasteiger partial charge in [-0.3, -0.25) is 19.0 Å². The van der Waals surface area contributed by atoms with Crippen molar-refractivity contribution in [2.24, 2.45) is 7.05 Å². The minimum Gasteiger partial charge on any atom is -0.506 e. The van der Waals surface area contributed by atoms with E-state index in [-0.39, 0.29) is 17.6 Å². The molecular weight excluding hydrogens is 483 g/mol. The number of ether oxygens (including phenoxy) is 2. The fourth-order valence-electron chi connectivity index (χ4n) is 4.14. The second kappa shape index (κ2) is 10.5. The normalized spacial score (nSPS) is 17.4. The smallest absolute Gasteiger partial charge is 0.433 e. The van der Waals surface area contributed by atoms with E-state index in [9.17, 15) is 32.7 Å². The molecule has 3 rings (SSSR count). The third-order valence-electron chi connectivity index (χ3n) is 5.77. The molecule has 2 aromatic rings. The number of carbonyl (C=O) groups excluding carboxylic acids is 2. The standard InChI is InChI=1S/C24H30F3N3O6/c1-23(2,3)36-16(31)11-28-21(33)17-18(32)15-10-14(13-8-6-5-7-9-35-12-13)19(24(25,26)27)29-20(15)30(4)22(17)34/h10,13,32H,5-9,11-12H2,1-4H3,(H,28,33). The molecule has 0 aliphatic carbocycles. The fourth-order valence-corrected chi connectivity index (χ4v) is 4.14. The van der Waals surface area contributed by atoms with Gasteiger partial charge in [-0.25, -0.2) is 4.98 Å². The molecular formula is C24H30F3N3O6. The van der Waals surface area contributed by atoms with Crippen LogP contribution in [0.2, 0.25) is 0 Å². The van der Waals surface area contributed by atoms with E-state index < -0.39 is 64.3 Å². The highest BCUT2D eigenvalue weighted by atomic mass is 19.4. The summed E-state index contributed by atoms with van der Waals surface area (Å²) in [6, 6.07) is 1.13. The molecule has 0 aromatic carbocycles. The van der Waals surface area contributed by atoms with Crippen LogP contribution >= 0.6 is 0 Å². The van der Waals surface area contributed by atoms with Crippen LogP contribution in [0.1, 0.15) is 74.0 Å². The van der Waals surface area contributed by atoms with Gasteiger partial charge in [-0.15, -0.1) is 0 Å². The number of rotatable bonds is 4. The van der Waals surface area contributed by atoms with Gasteiger partial charge in [-0.05, 0) is 45.2 Å². The van der Waals surface area contributed by atoms with Crippen LogP contribution in [-0.2, 0) is 27.5 Å². The first-order valence-corrected chi connectivity index (χ1v) is 11.6. The summed E-state index contributed by atoms with van der Waals surface area (Å²) in [5, 5.41) is 12.9. The zero-order valence-electron chi connectivity index (χ0n) is 20.6. The highest BCUT2D eigenvalue weighted by molar-refractivity contribution is 6.02. The highest BCUT2D eigenvalue weighted by Crippen LogP contribution is 2.39. The van der Waals surface area contributed by atoms with Crippen molar-refractivity contribution >= 4 is 22.9 Å². The number of pyridine rings is 2. The molecule has 2 N–H and O–H groups in total. The molecule has 12 heteroatoms. The first kappa shape index (κ1) is 27.4. The van der Waals surface area contributed by atoms with E-state index in [1.807, 2.05) is 0 Å². The zero-order chi connectivity index (χ0) is 26.8. The summed E-state index contributed by atoms with van der Waals surface area (Å²) in [6.45, 7) is 4.81. The van der Waals surface area contributed by atoms with Crippen molar-refractivity contribution in [1.29, 1.82) is 0 Å². The summed E-state index contributed by atoms with van der Waals surface area (Å²) in [5.74, 6) is -3.29. The van der Waals surface area contributed by atoms with Gasteiger partial charge in [0.15, 0.2) is 0 Å². The molecule has 9 nitrogen and oxygen atoms in total. The minimum atomic E-state index is -4.82. The molecule has 1 aliphatic heterocycles. The number of esters is 1. The Morgan fingerprint density at radius 2 is 1.94 bits per heavy atom. The molecule has 0 radical (unpaired) electrons. The number of nitrogens with zero attached hydrogens (tertiary/aromatic N) is 2. The van der Waals surface area contributed by atoms with Gasteiger partial charge in [0.25, 0.3) is 11.5 Å². The van der Waals surface area contributed by atoms with E-state index in [0.717, 1.165) is 30.5 Å². The second-order valence-corrected chi connectivity index (χ2v) is 9.77. The maximum Gasteiger partial charge on any atom is 0.433 e. The molecule has 36 heavy (non-hydrogen) atoms. The first-order valence-electron chi connectivity index (χ1n) is 11.6. The number of carbonyl (C=O) groups is 2. The Hall–Kier alpha value is -3.15. The number of hydrogen-bond acceptors (Lipinski definition) is 7. The number of aryl methyl sites for hydroxylation is 1. The molecule has 2 aromatic heterocycles. The molecule has 198 valence electrons. The Balaban J connectivity index is 2.09.